The Morgan fingerprint density at radius 1 is 1.14 bits per heavy atom. The van der Waals surface area contributed by atoms with Crippen LogP contribution in [-0.4, -0.2) is 32.6 Å². The van der Waals surface area contributed by atoms with E-state index < -0.39 is 10.0 Å². The molecule has 1 heterocycles. The molecule has 1 aliphatic rings. The summed E-state index contributed by atoms with van der Waals surface area (Å²) < 4.78 is 25.0. The van der Waals surface area contributed by atoms with Gasteiger partial charge in [0.05, 0.1) is 4.90 Å². The highest BCUT2D eigenvalue weighted by atomic mass is 32.2. The van der Waals surface area contributed by atoms with Gasteiger partial charge < -0.3 is 5.32 Å². The monoisotopic (exact) mass is 311 g/mol. The van der Waals surface area contributed by atoms with Gasteiger partial charge >= 0.3 is 0 Å². The molecule has 2 rings (SSSR count). The quantitative estimate of drug-likeness (QED) is 0.871. The summed E-state index contributed by atoms with van der Waals surface area (Å²) in [7, 11) is -1.64. The molecule has 1 aromatic rings. The van der Waals surface area contributed by atoms with Crippen LogP contribution < -0.4 is 10.1 Å². The van der Waals surface area contributed by atoms with Crippen molar-refractivity contribution in [2.24, 2.45) is 0 Å². The second-order valence-electron chi connectivity index (χ2n) is 5.81. The molecule has 0 aromatic heterocycles. The molecule has 1 aliphatic heterocycles. The molecule has 0 amide bonds. The number of nitrogens with one attached hydrogen (secondary N) is 2. The third kappa shape index (κ3) is 4.03. The number of rotatable bonds is 5. The molecule has 0 spiro atoms. The van der Waals surface area contributed by atoms with E-state index in [1.165, 1.54) is 0 Å². The molecule has 1 aromatic carbocycles. The number of nitrogens with zero attached hydrogens (tertiary/aromatic N) is 1. The highest BCUT2D eigenvalue weighted by molar-refractivity contribution is 7.89. The van der Waals surface area contributed by atoms with E-state index in [9.17, 15) is 8.42 Å². The molecule has 2 atom stereocenters. The van der Waals surface area contributed by atoms with Crippen LogP contribution in [0.15, 0.2) is 29.2 Å². The van der Waals surface area contributed by atoms with Crippen LogP contribution in [0.3, 0.4) is 0 Å². The minimum absolute atomic E-state index is 0.229. The summed E-state index contributed by atoms with van der Waals surface area (Å²) >= 11 is 0. The Morgan fingerprint density at radius 3 is 2.24 bits per heavy atom. The lowest BCUT2D eigenvalue weighted by Gasteiger charge is -2.38. The fourth-order valence-electron chi connectivity index (χ4n) is 2.78. The van der Waals surface area contributed by atoms with E-state index in [0.717, 1.165) is 31.4 Å². The fourth-order valence-corrected chi connectivity index (χ4v) is 4.02. The molecule has 1 saturated heterocycles. The van der Waals surface area contributed by atoms with E-state index in [0.29, 0.717) is 4.90 Å². The third-order valence-corrected chi connectivity index (χ3v) is 5.38. The lowest BCUT2D eigenvalue weighted by atomic mass is 10.0. The topological polar surface area (TPSA) is 61.4 Å². The normalized spacial score (nSPS) is 24.1. The second-order valence-corrected chi connectivity index (χ2v) is 7.47. The first kappa shape index (κ1) is 16.4. The first-order valence-electron chi connectivity index (χ1n) is 7.48. The molecule has 21 heavy (non-hydrogen) atoms. The molecule has 0 aliphatic carbocycles. The zero-order valence-electron chi connectivity index (χ0n) is 13.0. The number of hydrogen-bond donors (Lipinski definition) is 2. The van der Waals surface area contributed by atoms with Crippen LogP contribution >= 0.6 is 0 Å². The van der Waals surface area contributed by atoms with E-state index in [2.05, 4.69) is 24.0 Å². The maximum absolute atomic E-state index is 12.5. The van der Waals surface area contributed by atoms with Crippen molar-refractivity contribution in [3.05, 3.63) is 29.8 Å². The van der Waals surface area contributed by atoms with Crippen molar-refractivity contribution in [1.82, 2.24) is 15.2 Å². The molecule has 0 saturated carbocycles. The second kappa shape index (κ2) is 6.87. The van der Waals surface area contributed by atoms with Crippen molar-refractivity contribution in [1.29, 1.82) is 0 Å². The maximum Gasteiger partial charge on any atom is 0.253 e. The van der Waals surface area contributed by atoms with Crippen LogP contribution in [0, 0.1) is 0 Å². The summed E-state index contributed by atoms with van der Waals surface area (Å²) in [4.78, 5) is 3.06. The molecule has 0 radical (unpaired) electrons. The molecule has 6 heteroatoms. The summed E-state index contributed by atoms with van der Waals surface area (Å²) in [5.74, 6) is 0. The van der Waals surface area contributed by atoms with Gasteiger partial charge in [0.1, 0.15) is 0 Å². The Hall–Kier alpha value is -0.950. The SMILES string of the molecule is CNCc1ccc(S(=O)(=O)NN2C(C)CCCC2C)cc1. The van der Waals surface area contributed by atoms with Crippen LogP contribution in [0.5, 0.6) is 0 Å². The van der Waals surface area contributed by atoms with Crippen molar-refractivity contribution in [2.45, 2.75) is 56.6 Å². The molecule has 1 fully saturated rings. The van der Waals surface area contributed by atoms with E-state index in [1.807, 2.05) is 24.2 Å². The smallest absolute Gasteiger partial charge is 0.253 e. The first-order valence-corrected chi connectivity index (χ1v) is 8.96. The standard InChI is InChI=1S/C15H25N3O2S/c1-12-5-4-6-13(2)18(12)17-21(19,20)15-9-7-14(8-10-15)11-16-3/h7-10,12-13,16-17H,4-6,11H2,1-3H3. The molecular weight excluding hydrogens is 286 g/mol. The maximum atomic E-state index is 12.5. The predicted octanol–water partition coefficient (Wildman–Crippen LogP) is 1.86. The summed E-state index contributed by atoms with van der Waals surface area (Å²) in [6.45, 7) is 4.86. The Balaban J connectivity index is 2.13. The summed E-state index contributed by atoms with van der Waals surface area (Å²) in [6, 6.07) is 7.46. The van der Waals surface area contributed by atoms with Crippen molar-refractivity contribution >= 4 is 10.0 Å². The fraction of sp³-hybridized carbons (Fsp3) is 0.600. The molecule has 0 bridgehead atoms. The first-order chi connectivity index (χ1) is 9.94. The summed E-state index contributed by atoms with van der Waals surface area (Å²) in [5.41, 5.74) is 1.07. The molecular formula is C15H25N3O2S. The predicted molar refractivity (Wildman–Crippen MR) is 84.1 cm³/mol. The van der Waals surface area contributed by atoms with E-state index in [-0.39, 0.29) is 12.1 Å². The zero-order chi connectivity index (χ0) is 15.5. The third-order valence-electron chi connectivity index (χ3n) is 4.03. The minimum atomic E-state index is -3.50. The van der Waals surface area contributed by atoms with Gasteiger partial charge in [-0.25, -0.2) is 13.4 Å². The van der Waals surface area contributed by atoms with Gasteiger partial charge in [-0.1, -0.05) is 18.6 Å². The van der Waals surface area contributed by atoms with Gasteiger partial charge in [-0.15, -0.1) is 4.83 Å². The van der Waals surface area contributed by atoms with Crippen LogP contribution in [0.2, 0.25) is 0 Å². The Morgan fingerprint density at radius 2 is 1.71 bits per heavy atom. The molecule has 5 nitrogen and oxygen atoms in total. The van der Waals surface area contributed by atoms with Crippen LogP contribution in [-0.2, 0) is 16.6 Å². The Labute approximate surface area is 127 Å². The number of piperidine rings is 1. The number of hydrazine groups is 1. The van der Waals surface area contributed by atoms with Gasteiger partial charge in [0.2, 0.25) is 0 Å². The van der Waals surface area contributed by atoms with Crippen molar-refractivity contribution < 1.29 is 8.42 Å². The van der Waals surface area contributed by atoms with E-state index in [1.54, 1.807) is 12.1 Å². The van der Waals surface area contributed by atoms with Gasteiger partial charge in [-0.2, -0.15) is 0 Å². The number of hydrogen-bond acceptors (Lipinski definition) is 4. The van der Waals surface area contributed by atoms with E-state index in [4.69, 9.17) is 0 Å². The zero-order valence-corrected chi connectivity index (χ0v) is 13.8. The number of sulfonamides is 1. The van der Waals surface area contributed by atoms with E-state index >= 15 is 0 Å². The van der Waals surface area contributed by atoms with Gasteiger partial charge in [-0.3, -0.25) is 0 Å². The average molecular weight is 311 g/mol. The van der Waals surface area contributed by atoms with Crippen molar-refractivity contribution in [3.63, 3.8) is 0 Å². The highest BCUT2D eigenvalue weighted by Gasteiger charge is 2.29. The summed E-state index contributed by atoms with van der Waals surface area (Å²) in [6.07, 6.45) is 3.20. The lowest BCUT2D eigenvalue weighted by molar-refractivity contribution is 0.0790. The Bertz CT molecular complexity index is 547. The van der Waals surface area contributed by atoms with Gasteiger partial charge in [0, 0.05) is 18.6 Å². The molecule has 2 unspecified atom stereocenters. The lowest BCUT2D eigenvalue weighted by Crippen LogP contribution is -2.53. The van der Waals surface area contributed by atoms with Crippen LogP contribution in [0.25, 0.3) is 0 Å². The summed E-state index contributed by atoms with van der Waals surface area (Å²) in [5, 5.41) is 4.92. The van der Waals surface area contributed by atoms with Crippen LogP contribution in [0.1, 0.15) is 38.7 Å². The molecule has 118 valence electrons. The highest BCUT2D eigenvalue weighted by Crippen LogP contribution is 2.22. The Kier molecular flexibility index (Phi) is 5.37. The van der Waals surface area contributed by atoms with Crippen molar-refractivity contribution in [2.75, 3.05) is 7.05 Å². The number of benzene rings is 1. The van der Waals surface area contributed by atoms with Gasteiger partial charge in [-0.05, 0) is 51.4 Å². The largest absolute Gasteiger partial charge is 0.316 e. The van der Waals surface area contributed by atoms with Crippen LogP contribution in [0.4, 0.5) is 0 Å². The minimum Gasteiger partial charge on any atom is -0.316 e. The molecule has 2 N–H and O–H groups in total. The van der Waals surface area contributed by atoms with Crippen molar-refractivity contribution in [3.8, 4) is 0 Å². The average Bonchev–Trinajstić information content (AvgIpc) is 2.44. The van der Waals surface area contributed by atoms with Gasteiger partial charge in [0.15, 0.2) is 0 Å². The van der Waals surface area contributed by atoms with Gasteiger partial charge in [0.25, 0.3) is 10.0 Å².